The Kier molecular flexibility index (Phi) is 4.98. The number of nitrogens with one attached hydrogen (secondary N) is 1. The molecule has 0 aliphatic heterocycles. The molecule has 0 atom stereocenters. The number of carboxylic acids is 1. The SMILES string of the molecule is O=C(O)c1cccc(OCCNC2(CO)CCCC2)c1. The van der Waals surface area contributed by atoms with Gasteiger partial charge in [-0.3, -0.25) is 0 Å². The fraction of sp³-hybridized carbons (Fsp3) is 0.533. The Balaban J connectivity index is 1.78. The van der Waals surface area contributed by atoms with Gasteiger partial charge >= 0.3 is 5.97 Å². The Labute approximate surface area is 118 Å². The summed E-state index contributed by atoms with van der Waals surface area (Å²) in [5.41, 5.74) is 0.0739. The number of carbonyl (C=O) groups is 1. The van der Waals surface area contributed by atoms with E-state index in [1.807, 2.05) is 0 Å². The Hall–Kier alpha value is -1.59. The molecular weight excluding hydrogens is 258 g/mol. The number of carboxylic acid groups (broad SMARTS) is 1. The van der Waals surface area contributed by atoms with Crippen molar-refractivity contribution < 1.29 is 19.7 Å². The molecule has 0 bridgehead atoms. The summed E-state index contributed by atoms with van der Waals surface area (Å²) in [6.45, 7) is 1.24. The first kappa shape index (κ1) is 14.8. The maximum absolute atomic E-state index is 10.8. The highest BCUT2D eigenvalue weighted by Crippen LogP contribution is 2.28. The minimum absolute atomic E-state index is 0.147. The van der Waals surface area contributed by atoms with E-state index in [9.17, 15) is 9.90 Å². The largest absolute Gasteiger partial charge is 0.492 e. The maximum Gasteiger partial charge on any atom is 0.335 e. The van der Waals surface area contributed by atoms with E-state index in [0.29, 0.717) is 18.9 Å². The normalized spacial score (nSPS) is 17.1. The molecule has 2 rings (SSSR count). The third-order valence-electron chi connectivity index (χ3n) is 3.82. The Morgan fingerprint density at radius 2 is 2.10 bits per heavy atom. The molecule has 0 saturated heterocycles. The summed E-state index contributed by atoms with van der Waals surface area (Å²) >= 11 is 0. The summed E-state index contributed by atoms with van der Waals surface area (Å²) in [6.07, 6.45) is 4.29. The molecular formula is C15H21NO4. The lowest BCUT2D eigenvalue weighted by Crippen LogP contribution is -2.47. The first-order valence-corrected chi connectivity index (χ1v) is 6.97. The molecule has 20 heavy (non-hydrogen) atoms. The predicted octanol–water partition coefficient (Wildman–Crippen LogP) is 1.66. The van der Waals surface area contributed by atoms with Crippen LogP contribution in [0.15, 0.2) is 24.3 Å². The fourth-order valence-electron chi connectivity index (χ4n) is 2.65. The van der Waals surface area contributed by atoms with Gasteiger partial charge in [-0.15, -0.1) is 0 Å². The Morgan fingerprint density at radius 1 is 1.35 bits per heavy atom. The van der Waals surface area contributed by atoms with Crippen LogP contribution in [-0.4, -0.2) is 41.5 Å². The van der Waals surface area contributed by atoms with Crippen molar-refractivity contribution in [1.29, 1.82) is 0 Å². The van der Waals surface area contributed by atoms with E-state index in [2.05, 4.69) is 5.32 Å². The van der Waals surface area contributed by atoms with Gasteiger partial charge in [-0.2, -0.15) is 0 Å². The van der Waals surface area contributed by atoms with Gasteiger partial charge in [0.05, 0.1) is 12.2 Å². The molecule has 0 radical (unpaired) electrons. The molecule has 3 N–H and O–H groups in total. The number of hydrogen-bond acceptors (Lipinski definition) is 4. The zero-order valence-electron chi connectivity index (χ0n) is 11.5. The van der Waals surface area contributed by atoms with Crippen LogP contribution < -0.4 is 10.1 Å². The van der Waals surface area contributed by atoms with Gasteiger partial charge in [0.25, 0.3) is 0 Å². The summed E-state index contributed by atoms with van der Waals surface area (Å²) < 4.78 is 5.54. The molecule has 1 aliphatic rings. The van der Waals surface area contributed by atoms with Crippen molar-refractivity contribution in [3.63, 3.8) is 0 Å². The first-order chi connectivity index (χ1) is 9.65. The van der Waals surface area contributed by atoms with Crippen molar-refractivity contribution >= 4 is 5.97 Å². The maximum atomic E-state index is 10.8. The minimum atomic E-state index is -0.959. The molecule has 1 fully saturated rings. The molecule has 1 aromatic rings. The molecule has 0 heterocycles. The van der Waals surface area contributed by atoms with Gasteiger partial charge < -0.3 is 20.3 Å². The molecule has 5 nitrogen and oxygen atoms in total. The summed E-state index contributed by atoms with van der Waals surface area (Å²) in [4.78, 5) is 10.8. The molecule has 0 aromatic heterocycles. The van der Waals surface area contributed by atoms with Crippen LogP contribution in [0.4, 0.5) is 0 Å². The second-order valence-corrected chi connectivity index (χ2v) is 5.25. The number of aliphatic hydroxyl groups excluding tert-OH is 1. The van der Waals surface area contributed by atoms with E-state index in [1.165, 1.54) is 12.1 Å². The molecule has 0 unspecified atom stereocenters. The second kappa shape index (κ2) is 6.72. The van der Waals surface area contributed by atoms with E-state index in [0.717, 1.165) is 25.7 Å². The van der Waals surface area contributed by atoms with Crippen LogP contribution in [-0.2, 0) is 0 Å². The van der Waals surface area contributed by atoms with Crippen LogP contribution in [0.25, 0.3) is 0 Å². The van der Waals surface area contributed by atoms with E-state index in [4.69, 9.17) is 9.84 Å². The van der Waals surface area contributed by atoms with Crippen LogP contribution in [0.5, 0.6) is 5.75 Å². The van der Waals surface area contributed by atoms with Gasteiger partial charge in [-0.1, -0.05) is 18.9 Å². The van der Waals surface area contributed by atoms with E-state index < -0.39 is 5.97 Å². The van der Waals surface area contributed by atoms with Crippen LogP contribution in [0.2, 0.25) is 0 Å². The van der Waals surface area contributed by atoms with Crippen molar-refractivity contribution in [3.05, 3.63) is 29.8 Å². The first-order valence-electron chi connectivity index (χ1n) is 6.97. The van der Waals surface area contributed by atoms with Crippen LogP contribution in [0.3, 0.4) is 0 Å². The highest BCUT2D eigenvalue weighted by atomic mass is 16.5. The van der Waals surface area contributed by atoms with Gasteiger partial charge in [0, 0.05) is 12.1 Å². The monoisotopic (exact) mass is 279 g/mol. The van der Waals surface area contributed by atoms with E-state index in [-0.39, 0.29) is 17.7 Å². The van der Waals surface area contributed by atoms with Crippen LogP contribution in [0.1, 0.15) is 36.0 Å². The minimum Gasteiger partial charge on any atom is -0.492 e. The molecule has 1 aromatic carbocycles. The second-order valence-electron chi connectivity index (χ2n) is 5.25. The number of benzene rings is 1. The molecule has 1 saturated carbocycles. The van der Waals surface area contributed by atoms with Crippen molar-refractivity contribution in [2.75, 3.05) is 19.8 Å². The quantitative estimate of drug-likeness (QED) is 0.662. The summed E-state index contributed by atoms with van der Waals surface area (Å²) in [7, 11) is 0. The third-order valence-corrected chi connectivity index (χ3v) is 3.82. The summed E-state index contributed by atoms with van der Waals surface area (Å²) in [5.74, 6) is -0.407. The van der Waals surface area contributed by atoms with Crippen LogP contribution in [0, 0.1) is 0 Å². The number of aliphatic hydroxyl groups is 1. The zero-order chi connectivity index (χ0) is 14.4. The highest BCUT2D eigenvalue weighted by Gasteiger charge is 2.32. The van der Waals surface area contributed by atoms with Gasteiger partial charge in [0.2, 0.25) is 0 Å². The molecule has 1 aliphatic carbocycles. The molecule has 0 spiro atoms. The zero-order valence-corrected chi connectivity index (χ0v) is 11.5. The topological polar surface area (TPSA) is 78.8 Å². The predicted molar refractivity (Wildman–Crippen MR) is 75.2 cm³/mol. The van der Waals surface area contributed by atoms with E-state index >= 15 is 0 Å². The number of ether oxygens (including phenoxy) is 1. The Bertz CT molecular complexity index is 455. The van der Waals surface area contributed by atoms with Gasteiger partial charge in [-0.05, 0) is 31.0 Å². The lowest BCUT2D eigenvalue weighted by molar-refractivity contribution is 0.0696. The van der Waals surface area contributed by atoms with Gasteiger partial charge in [-0.25, -0.2) is 4.79 Å². The van der Waals surface area contributed by atoms with Crippen molar-refractivity contribution in [2.45, 2.75) is 31.2 Å². The van der Waals surface area contributed by atoms with Crippen LogP contribution >= 0.6 is 0 Å². The van der Waals surface area contributed by atoms with Gasteiger partial charge in [0.1, 0.15) is 12.4 Å². The molecule has 110 valence electrons. The molecule has 0 amide bonds. The van der Waals surface area contributed by atoms with Crippen molar-refractivity contribution in [1.82, 2.24) is 5.32 Å². The average molecular weight is 279 g/mol. The number of aromatic carboxylic acids is 1. The molecule has 5 heteroatoms. The Morgan fingerprint density at radius 3 is 2.75 bits per heavy atom. The lowest BCUT2D eigenvalue weighted by atomic mass is 9.99. The smallest absolute Gasteiger partial charge is 0.335 e. The fourth-order valence-corrected chi connectivity index (χ4v) is 2.65. The number of hydrogen-bond donors (Lipinski definition) is 3. The summed E-state index contributed by atoms with van der Waals surface area (Å²) in [5, 5.41) is 21.7. The van der Waals surface area contributed by atoms with E-state index in [1.54, 1.807) is 12.1 Å². The van der Waals surface area contributed by atoms with Gasteiger partial charge in [0.15, 0.2) is 0 Å². The third kappa shape index (κ3) is 3.71. The number of rotatable bonds is 7. The lowest BCUT2D eigenvalue weighted by Gasteiger charge is -2.28. The average Bonchev–Trinajstić information content (AvgIpc) is 2.93. The standard InChI is InChI=1S/C15H21NO4/c17-11-15(6-1-2-7-15)16-8-9-20-13-5-3-4-12(10-13)14(18)19/h3-5,10,16-17H,1-2,6-9,11H2,(H,18,19). The highest BCUT2D eigenvalue weighted by molar-refractivity contribution is 5.87. The van der Waals surface area contributed by atoms with Crippen molar-refractivity contribution in [2.24, 2.45) is 0 Å². The van der Waals surface area contributed by atoms with Crippen molar-refractivity contribution in [3.8, 4) is 5.75 Å². The summed E-state index contributed by atoms with van der Waals surface area (Å²) in [6, 6.07) is 6.45.